The first kappa shape index (κ1) is 9.24. The molecule has 0 bridgehead atoms. The Morgan fingerprint density at radius 3 is 2.64 bits per heavy atom. The number of anilines is 1. The van der Waals surface area contributed by atoms with Crippen LogP contribution in [0, 0.1) is 0 Å². The molecule has 0 radical (unpaired) electrons. The molecule has 0 atom stereocenters. The molecule has 1 amide bonds. The number of fused-ring (bicyclic) bond motifs is 1. The van der Waals surface area contributed by atoms with E-state index in [1.54, 1.807) is 11.9 Å². The molecule has 1 aromatic rings. The lowest BCUT2D eigenvalue weighted by atomic mass is 9.93. The Kier molecular flexibility index (Phi) is 1.71. The van der Waals surface area contributed by atoms with Crippen LogP contribution in [0.3, 0.4) is 0 Å². The molecule has 0 aromatic carbocycles. The first-order chi connectivity index (χ1) is 6.41. The van der Waals surface area contributed by atoms with Crippen molar-refractivity contribution >= 4 is 11.9 Å². The van der Waals surface area contributed by atoms with E-state index in [2.05, 4.69) is 25.8 Å². The van der Waals surface area contributed by atoms with Crippen molar-refractivity contribution in [1.82, 2.24) is 9.55 Å². The smallest absolute Gasteiger partial charge is 0.249 e. The van der Waals surface area contributed by atoms with Crippen LogP contribution in [0.5, 0.6) is 0 Å². The summed E-state index contributed by atoms with van der Waals surface area (Å²) < 4.78 is 1.99. The van der Waals surface area contributed by atoms with Crippen LogP contribution in [-0.4, -0.2) is 22.5 Å². The van der Waals surface area contributed by atoms with Gasteiger partial charge in [0.25, 0.3) is 0 Å². The molecule has 0 unspecified atom stereocenters. The predicted molar refractivity (Wildman–Crippen MR) is 54.3 cm³/mol. The van der Waals surface area contributed by atoms with E-state index in [9.17, 15) is 4.79 Å². The molecule has 0 N–H and O–H groups in total. The van der Waals surface area contributed by atoms with Crippen molar-refractivity contribution in [3.8, 4) is 0 Å². The summed E-state index contributed by atoms with van der Waals surface area (Å²) >= 11 is 0. The molecule has 4 heteroatoms. The molecule has 0 fully saturated rings. The maximum absolute atomic E-state index is 11.4. The lowest BCUT2D eigenvalue weighted by Gasteiger charge is -2.18. The van der Waals surface area contributed by atoms with Crippen molar-refractivity contribution in [2.75, 3.05) is 11.9 Å². The number of nitrogens with zero attached hydrogens (tertiary/aromatic N) is 3. The normalized spacial score (nSPS) is 16.3. The van der Waals surface area contributed by atoms with Crippen molar-refractivity contribution in [2.24, 2.45) is 0 Å². The minimum absolute atomic E-state index is 0.0384. The quantitative estimate of drug-likeness (QED) is 0.620. The SMILES string of the molecule is CN1C(=O)Cn2c(C(C)(C)C)cnc21. The van der Waals surface area contributed by atoms with Gasteiger partial charge >= 0.3 is 0 Å². The van der Waals surface area contributed by atoms with Gasteiger partial charge < -0.3 is 4.57 Å². The number of amides is 1. The molecule has 2 heterocycles. The van der Waals surface area contributed by atoms with Gasteiger partial charge in [0.15, 0.2) is 0 Å². The van der Waals surface area contributed by atoms with E-state index < -0.39 is 0 Å². The number of hydrogen-bond donors (Lipinski definition) is 0. The molecule has 1 aliphatic rings. The topological polar surface area (TPSA) is 38.1 Å². The van der Waals surface area contributed by atoms with Gasteiger partial charge in [0.1, 0.15) is 6.54 Å². The Hall–Kier alpha value is -1.32. The molecule has 1 aromatic heterocycles. The van der Waals surface area contributed by atoms with Crippen LogP contribution in [0.1, 0.15) is 26.5 Å². The maximum atomic E-state index is 11.4. The van der Waals surface area contributed by atoms with E-state index in [0.29, 0.717) is 6.54 Å². The first-order valence-electron chi connectivity index (χ1n) is 4.74. The third kappa shape index (κ3) is 1.14. The van der Waals surface area contributed by atoms with Gasteiger partial charge in [0.2, 0.25) is 11.9 Å². The highest BCUT2D eigenvalue weighted by molar-refractivity contribution is 5.94. The van der Waals surface area contributed by atoms with Gasteiger partial charge in [-0.1, -0.05) is 20.8 Å². The van der Waals surface area contributed by atoms with E-state index >= 15 is 0 Å². The van der Waals surface area contributed by atoms with Crippen LogP contribution in [0.4, 0.5) is 5.95 Å². The fraction of sp³-hybridized carbons (Fsp3) is 0.600. The Labute approximate surface area is 83.5 Å². The Balaban J connectivity index is 2.51. The third-order valence-electron chi connectivity index (χ3n) is 2.57. The Morgan fingerprint density at radius 2 is 2.07 bits per heavy atom. The lowest BCUT2D eigenvalue weighted by molar-refractivity contribution is -0.117. The molecule has 0 aliphatic carbocycles. The third-order valence-corrected chi connectivity index (χ3v) is 2.57. The Bertz CT molecular complexity index is 387. The van der Waals surface area contributed by atoms with Crippen molar-refractivity contribution in [3.05, 3.63) is 11.9 Å². The van der Waals surface area contributed by atoms with E-state index in [4.69, 9.17) is 0 Å². The summed E-state index contributed by atoms with van der Waals surface area (Å²) in [5.41, 5.74) is 1.15. The van der Waals surface area contributed by atoms with Gasteiger partial charge in [-0.25, -0.2) is 4.98 Å². The largest absolute Gasteiger partial charge is 0.304 e. The fourth-order valence-electron chi connectivity index (χ4n) is 1.74. The van der Waals surface area contributed by atoms with Gasteiger partial charge in [-0.05, 0) is 0 Å². The maximum Gasteiger partial charge on any atom is 0.249 e. The second kappa shape index (κ2) is 2.59. The standard InChI is InChI=1S/C10H15N3O/c1-10(2,3)7-5-11-9-12(4)8(14)6-13(7)9/h5H,6H2,1-4H3. The molecule has 76 valence electrons. The second-order valence-corrected chi connectivity index (χ2v) is 4.73. The molecule has 4 nitrogen and oxygen atoms in total. The number of carbonyl (C=O) groups excluding carboxylic acids is 1. The molecule has 0 saturated carbocycles. The van der Waals surface area contributed by atoms with E-state index in [1.807, 2.05) is 10.8 Å². The van der Waals surface area contributed by atoms with Crippen molar-refractivity contribution < 1.29 is 4.79 Å². The highest BCUT2D eigenvalue weighted by atomic mass is 16.2. The molecule has 0 saturated heterocycles. The van der Waals surface area contributed by atoms with Crippen LogP contribution >= 0.6 is 0 Å². The molecule has 0 spiro atoms. The van der Waals surface area contributed by atoms with E-state index in [0.717, 1.165) is 11.6 Å². The van der Waals surface area contributed by atoms with Crippen LogP contribution in [0.25, 0.3) is 0 Å². The minimum Gasteiger partial charge on any atom is -0.304 e. The van der Waals surface area contributed by atoms with Crippen molar-refractivity contribution in [1.29, 1.82) is 0 Å². The summed E-state index contributed by atoms with van der Waals surface area (Å²) in [6.07, 6.45) is 1.86. The molecular formula is C10H15N3O. The van der Waals surface area contributed by atoms with Gasteiger partial charge in [0, 0.05) is 18.2 Å². The highest BCUT2D eigenvalue weighted by Gasteiger charge is 2.31. The highest BCUT2D eigenvalue weighted by Crippen LogP contribution is 2.29. The predicted octanol–water partition coefficient (Wildman–Crippen LogP) is 1.16. The minimum atomic E-state index is 0.0384. The Morgan fingerprint density at radius 1 is 1.43 bits per heavy atom. The zero-order valence-electron chi connectivity index (χ0n) is 9.03. The van der Waals surface area contributed by atoms with Gasteiger partial charge in [-0.3, -0.25) is 9.69 Å². The zero-order valence-corrected chi connectivity index (χ0v) is 9.03. The van der Waals surface area contributed by atoms with Crippen LogP contribution in [-0.2, 0) is 16.8 Å². The second-order valence-electron chi connectivity index (χ2n) is 4.73. The van der Waals surface area contributed by atoms with E-state index in [-0.39, 0.29) is 11.3 Å². The number of imidazole rings is 1. The summed E-state index contributed by atoms with van der Waals surface area (Å²) in [5, 5.41) is 0. The molecule has 14 heavy (non-hydrogen) atoms. The summed E-state index contributed by atoms with van der Waals surface area (Å²) in [6.45, 7) is 6.80. The summed E-state index contributed by atoms with van der Waals surface area (Å²) in [6, 6.07) is 0. The summed E-state index contributed by atoms with van der Waals surface area (Å²) in [5.74, 6) is 0.874. The van der Waals surface area contributed by atoms with Crippen molar-refractivity contribution in [3.63, 3.8) is 0 Å². The number of carbonyl (C=O) groups is 1. The average Bonchev–Trinajstić information content (AvgIpc) is 2.54. The number of aromatic nitrogens is 2. The number of likely N-dealkylation sites (N-methyl/N-ethyl adjacent to an activating group) is 1. The van der Waals surface area contributed by atoms with Gasteiger partial charge in [0.05, 0.1) is 6.20 Å². The number of rotatable bonds is 0. The fourth-order valence-corrected chi connectivity index (χ4v) is 1.74. The number of hydrogen-bond acceptors (Lipinski definition) is 2. The zero-order chi connectivity index (χ0) is 10.5. The lowest BCUT2D eigenvalue weighted by Crippen LogP contribution is -2.22. The molecule has 2 rings (SSSR count). The van der Waals surface area contributed by atoms with Crippen LogP contribution in [0.2, 0.25) is 0 Å². The summed E-state index contributed by atoms with van der Waals surface area (Å²) in [4.78, 5) is 17.3. The van der Waals surface area contributed by atoms with Gasteiger partial charge in [-0.2, -0.15) is 0 Å². The average molecular weight is 193 g/mol. The first-order valence-corrected chi connectivity index (χ1v) is 4.74. The van der Waals surface area contributed by atoms with Gasteiger partial charge in [-0.15, -0.1) is 0 Å². The van der Waals surface area contributed by atoms with E-state index in [1.165, 1.54) is 0 Å². The monoisotopic (exact) mass is 193 g/mol. The molecule has 1 aliphatic heterocycles. The van der Waals surface area contributed by atoms with Crippen LogP contribution in [0.15, 0.2) is 6.20 Å². The van der Waals surface area contributed by atoms with Crippen molar-refractivity contribution in [2.45, 2.75) is 32.7 Å². The van der Waals surface area contributed by atoms with Crippen LogP contribution < -0.4 is 4.90 Å². The summed E-state index contributed by atoms with van der Waals surface area (Å²) in [7, 11) is 1.76. The molecular weight excluding hydrogens is 178 g/mol.